The molecule has 0 saturated carbocycles. The van der Waals surface area contributed by atoms with Crippen molar-refractivity contribution in [2.45, 2.75) is 12.8 Å². The fourth-order valence-electron chi connectivity index (χ4n) is 2.16. The number of nitrogens with one attached hydrogen (secondary N) is 1. The number of carbonyl (C=O) groups is 1. The third kappa shape index (κ3) is 3.98. The average molecular weight is 362 g/mol. The smallest absolute Gasteiger partial charge is 0.226 e. The van der Waals surface area contributed by atoms with Crippen LogP contribution in [0.3, 0.4) is 0 Å². The van der Waals surface area contributed by atoms with E-state index in [9.17, 15) is 9.18 Å². The third-order valence-electron chi connectivity index (χ3n) is 3.42. The first-order valence-corrected chi connectivity index (χ1v) is 9.08. The van der Waals surface area contributed by atoms with Crippen molar-refractivity contribution < 1.29 is 13.9 Å². The topological polar surface area (TPSA) is 51.2 Å². The molecular weight excluding hydrogens is 347 g/mol. The van der Waals surface area contributed by atoms with E-state index in [1.54, 1.807) is 28.8 Å². The predicted octanol–water partition coefficient (Wildman–Crippen LogP) is 4.59. The minimum Gasteiger partial charge on any atom is -0.494 e. The Hall–Kier alpha value is -2.25. The molecule has 0 saturated heterocycles. The molecule has 0 aliphatic carbocycles. The number of benzene rings is 1. The predicted molar refractivity (Wildman–Crippen MR) is 95.3 cm³/mol. The van der Waals surface area contributed by atoms with E-state index in [0.717, 1.165) is 5.56 Å². The average Bonchev–Trinajstić information content (AvgIpc) is 3.24. The molecule has 0 unspecified atom stereocenters. The van der Waals surface area contributed by atoms with Crippen molar-refractivity contribution in [3.8, 4) is 17.0 Å². The normalized spacial score (nSPS) is 10.6. The number of aryl methyl sites for hydroxylation is 1. The number of carbonyl (C=O) groups excluding carboxylic acids is 1. The zero-order valence-electron chi connectivity index (χ0n) is 12.9. The number of halogens is 1. The largest absolute Gasteiger partial charge is 0.494 e. The maximum absolute atomic E-state index is 13.8. The van der Waals surface area contributed by atoms with Gasteiger partial charge in [-0.2, -0.15) is 11.3 Å². The Morgan fingerprint density at radius 1 is 1.33 bits per heavy atom. The van der Waals surface area contributed by atoms with Gasteiger partial charge in [0.25, 0.3) is 0 Å². The van der Waals surface area contributed by atoms with Crippen molar-refractivity contribution in [2.24, 2.45) is 0 Å². The molecule has 2 aromatic heterocycles. The van der Waals surface area contributed by atoms with E-state index in [0.29, 0.717) is 29.2 Å². The highest BCUT2D eigenvalue weighted by molar-refractivity contribution is 7.14. The Bertz CT molecular complexity index is 831. The van der Waals surface area contributed by atoms with Crippen LogP contribution >= 0.6 is 22.7 Å². The molecule has 0 radical (unpaired) electrons. The molecule has 0 fully saturated rings. The highest BCUT2D eigenvalue weighted by Crippen LogP contribution is 2.28. The summed E-state index contributed by atoms with van der Waals surface area (Å²) in [4.78, 5) is 16.3. The van der Waals surface area contributed by atoms with E-state index in [4.69, 9.17) is 4.74 Å². The molecule has 0 aliphatic rings. The fourth-order valence-corrected chi connectivity index (χ4v) is 3.60. The number of thiophene rings is 1. The van der Waals surface area contributed by atoms with Crippen LogP contribution in [-0.2, 0) is 11.2 Å². The first-order valence-electron chi connectivity index (χ1n) is 7.26. The van der Waals surface area contributed by atoms with E-state index in [1.165, 1.54) is 24.5 Å². The lowest BCUT2D eigenvalue weighted by Gasteiger charge is -2.03. The van der Waals surface area contributed by atoms with Gasteiger partial charge in [0, 0.05) is 17.4 Å². The molecule has 2 heterocycles. The van der Waals surface area contributed by atoms with Gasteiger partial charge >= 0.3 is 0 Å². The Labute approximate surface area is 146 Å². The van der Waals surface area contributed by atoms with Crippen LogP contribution in [0, 0.1) is 5.82 Å². The number of amides is 1. The summed E-state index contributed by atoms with van der Waals surface area (Å²) in [7, 11) is 1.42. The first-order chi connectivity index (χ1) is 11.7. The van der Waals surface area contributed by atoms with Crippen LogP contribution in [0.1, 0.15) is 12.0 Å². The quantitative estimate of drug-likeness (QED) is 0.698. The number of hydrogen-bond acceptors (Lipinski definition) is 5. The molecule has 3 rings (SSSR count). The molecule has 0 aliphatic heterocycles. The van der Waals surface area contributed by atoms with E-state index in [1.807, 2.05) is 16.8 Å². The minimum atomic E-state index is -0.440. The fraction of sp³-hybridized carbons (Fsp3) is 0.176. The third-order valence-corrected chi connectivity index (χ3v) is 4.91. The SMILES string of the molecule is COc1ccc(-c2csc(NC(=O)CCc3ccsc3)n2)cc1F. The van der Waals surface area contributed by atoms with Gasteiger partial charge in [0.1, 0.15) is 0 Å². The molecule has 0 spiro atoms. The van der Waals surface area contributed by atoms with E-state index < -0.39 is 5.82 Å². The lowest BCUT2D eigenvalue weighted by atomic mass is 10.1. The van der Waals surface area contributed by atoms with Crippen molar-refractivity contribution >= 4 is 33.7 Å². The van der Waals surface area contributed by atoms with E-state index in [2.05, 4.69) is 10.3 Å². The number of thiazole rings is 1. The Morgan fingerprint density at radius 3 is 2.92 bits per heavy atom. The lowest BCUT2D eigenvalue weighted by molar-refractivity contribution is -0.116. The second-order valence-electron chi connectivity index (χ2n) is 5.07. The number of rotatable bonds is 6. The maximum Gasteiger partial charge on any atom is 0.226 e. The van der Waals surface area contributed by atoms with Gasteiger partial charge in [-0.05, 0) is 47.0 Å². The number of ether oxygens (including phenoxy) is 1. The molecular formula is C17H15FN2O2S2. The second kappa shape index (κ2) is 7.55. The molecule has 124 valence electrons. The van der Waals surface area contributed by atoms with Gasteiger partial charge in [-0.1, -0.05) is 0 Å². The molecule has 1 aromatic carbocycles. The van der Waals surface area contributed by atoms with Gasteiger partial charge in [0.2, 0.25) is 5.91 Å². The highest BCUT2D eigenvalue weighted by atomic mass is 32.1. The van der Waals surface area contributed by atoms with Crippen LogP contribution in [0.15, 0.2) is 40.4 Å². The summed E-state index contributed by atoms with van der Waals surface area (Å²) < 4.78 is 18.7. The Kier molecular flexibility index (Phi) is 5.22. The summed E-state index contributed by atoms with van der Waals surface area (Å²) in [5.41, 5.74) is 2.42. The molecule has 7 heteroatoms. The minimum absolute atomic E-state index is 0.0805. The number of aromatic nitrogens is 1. The molecule has 4 nitrogen and oxygen atoms in total. The highest BCUT2D eigenvalue weighted by Gasteiger charge is 2.11. The zero-order valence-corrected chi connectivity index (χ0v) is 14.5. The van der Waals surface area contributed by atoms with Gasteiger partial charge < -0.3 is 10.1 Å². The number of nitrogens with zero attached hydrogens (tertiary/aromatic N) is 1. The molecule has 0 bridgehead atoms. The standard InChI is InChI=1S/C17H15FN2O2S2/c1-22-15-4-3-12(8-13(15)18)14-10-24-17(19-14)20-16(21)5-2-11-6-7-23-9-11/h3-4,6-10H,2,5H2,1H3,(H,19,20,21). The maximum atomic E-state index is 13.8. The summed E-state index contributed by atoms with van der Waals surface area (Å²) in [6.45, 7) is 0. The summed E-state index contributed by atoms with van der Waals surface area (Å²) in [5.74, 6) is -0.330. The second-order valence-corrected chi connectivity index (χ2v) is 6.71. The molecule has 1 N–H and O–H groups in total. The van der Waals surface area contributed by atoms with Crippen LogP contribution in [0.25, 0.3) is 11.3 Å². The van der Waals surface area contributed by atoms with Gasteiger partial charge in [0.15, 0.2) is 16.7 Å². The van der Waals surface area contributed by atoms with Gasteiger partial charge in [-0.3, -0.25) is 4.79 Å². The summed E-state index contributed by atoms with van der Waals surface area (Å²) in [6.07, 6.45) is 1.11. The monoisotopic (exact) mass is 362 g/mol. The number of hydrogen-bond donors (Lipinski definition) is 1. The Balaban J connectivity index is 1.62. The molecule has 3 aromatic rings. The zero-order chi connectivity index (χ0) is 16.9. The number of anilines is 1. The summed E-state index contributed by atoms with van der Waals surface area (Å²) in [6, 6.07) is 6.68. The van der Waals surface area contributed by atoms with Crippen LogP contribution in [0.2, 0.25) is 0 Å². The Morgan fingerprint density at radius 2 is 2.21 bits per heavy atom. The molecule has 24 heavy (non-hydrogen) atoms. The van der Waals surface area contributed by atoms with Crippen molar-refractivity contribution in [1.29, 1.82) is 0 Å². The van der Waals surface area contributed by atoms with Gasteiger partial charge in [-0.25, -0.2) is 9.37 Å². The van der Waals surface area contributed by atoms with E-state index >= 15 is 0 Å². The van der Waals surface area contributed by atoms with Crippen LogP contribution in [-0.4, -0.2) is 18.0 Å². The van der Waals surface area contributed by atoms with Gasteiger partial charge in [0.05, 0.1) is 12.8 Å². The number of methoxy groups -OCH3 is 1. The van der Waals surface area contributed by atoms with Crippen LogP contribution in [0.5, 0.6) is 5.75 Å². The van der Waals surface area contributed by atoms with Crippen molar-refractivity contribution in [3.05, 3.63) is 51.8 Å². The van der Waals surface area contributed by atoms with Gasteiger partial charge in [-0.15, -0.1) is 11.3 Å². The lowest BCUT2D eigenvalue weighted by Crippen LogP contribution is -2.11. The molecule has 1 amide bonds. The summed E-state index contributed by atoms with van der Waals surface area (Å²) >= 11 is 2.94. The molecule has 0 atom stereocenters. The van der Waals surface area contributed by atoms with Crippen molar-refractivity contribution in [1.82, 2.24) is 4.98 Å². The summed E-state index contributed by atoms with van der Waals surface area (Å²) in [5, 5.41) is 9.11. The first kappa shape index (κ1) is 16.6. The van der Waals surface area contributed by atoms with Crippen LogP contribution in [0.4, 0.5) is 9.52 Å². The van der Waals surface area contributed by atoms with Crippen molar-refractivity contribution in [2.75, 3.05) is 12.4 Å². The van der Waals surface area contributed by atoms with E-state index in [-0.39, 0.29) is 11.7 Å². The van der Waals surface area contributed by atoms with Crippen LogP contribution < -0.4 is 10.1 Å². The van der Waals surface area contributed by atoms with Crippen molar-refractivity contribution in [3.63, 3.8) is 0 Å².